The van der Waals surface area contributed by atoms with Crippen LogP contribution in [0.5, 0.6) is 0 Å². The molecule has 1 rings (SSSR count). The van der Waals surface area contributed by atoms with Gasteiger partial charge in [-0.25, -0.2) is 0 Å². The smallest absolute Gasteiger partial charge is 0.220 e. The molecule has 15 heavy (non-hydrogen) atoms. The largest absolute Gasteiger partial charge is 0.353 e. The SMILES string of the molecule is CCCCCC(=O)NC1CC(N)C1(C)C. The van der Waals surface area contributed by atoms with Crippen LogP contribution in [0.3, 0.4) is 0 Å². The monoisotopic (exact) mass is 212 g/mol. The second kappa shape index (κ2) is 4.97. The highest BCUT2D eigenvalue weighted by atomic mass is 16.1. The summed E-state index contributed by atoms with van der Waals surface area (Å²) in [5.41, 5.74) is 5.96. The van der Waals surface area contributed by atoms with Crippen molar-refractivity contribution in [1.82, 2.24) is 5.32 Å². The molecule has 1 aliphatic carbocycles. The summed E-state index contributed by atoms with van der Waals surface area (Å²) in [5.74, 6) is 0.188. The molecular weight excluding hydrogens is 188 g/mol. The molecule has 0 aromatic carbocycles. The van der Waals surface area contributed by atoms with Gasteiger partial charge in [-0.05, 0) is 12.8 Å². The summed E-state index contributed by atoms with van der Waals surface area (Å²) in [4.78, 5) is 11.6. The van der Waals surface area contributed by atoms with Crippen molar-refractivity contribution in [3.63, 3.8) is 0 Å². The molecule has 88 valence electrons. The van der Waals surface area contributed by atoms with Gasteiger partial charge >= 0.3 is 0 Å². The van der Waals surface area contributed by atoms with Gasteiger partial charge in [-0.1, -0.05) is 33.6 Å². The van der Waals surface area contributed by atoms with Crippen LogP contribution < -0.4 is 11.1 Å². The summed E-state index contributed by atoms with van der Waals surface area (Å²) in [5, 5.41) is 3.08. The van der Waals surface area contributed by atoms with Crippen molar-refractivity contribution in [1.29, 1.82) is 0 Å². The molecule has 3 N–H and O–H groups in total. The molecule has 0 saturated heterocycles. The average molecular weight is 212 g/mol. The van der Waals surface area contributed by atoms with Crippen molar-refractivity contribution in [2.75, 3.05) is 0 Å². The zero-order chi connectivity index (χ0) is 11.5. The van der Waals surface area contributed by atoms with Gasteiger partial charge in [0.05, 0.1) is 0 Å². The molecule has 0 aromatic heterocycles. The Morgan fingerprint density at radius 3 is 2.60 bits per heavy atom. The maximum atomic E-state index is 11.6. The number of nitrogens with one attached hydrogen (secondary N) is 1. The van der Waals surface area contributed by atoms with E-state index in [4.69, 9.17) is 5.73 Å². The molecule has 0 heterocycles. The first-order valence-corrected chi connectivity index (χ1v) is 6.03. The van der Waals surface area contributed by atoms with Crippen LogP contribution in [0.4, 0.5) is 0 Å². The van der Waals surface area contributed by atoms with E-state index in [0.717, 1.165) is 25.7 Å². The first-order chi connectivity index (χ1) is 6.98. The molecule has 3 heteroatoms. The number of hydrogen-bond donors (Lipinski definition) is 2. The summed E-state index contributed by atoms with van der Waals surface area (Å²) in [6.45, 7) is 6.39. The fourth-order valence-electron chi connectivity index (χ4n) is 2.01. The summed E-state index contributed by atoms with van der Waals surface area (Å²) >= 11 is 0. The van der Waals surface area contributed by atoms with E-state index in [1.807, 2.05) is 0 Å². The van der Waals surface area contributed by atoms with Crippen molar-refractivity contribution in [2.45, 2.75) is 65.0 Å². The Balaban J connectivity index is 2.22. The average Bonchev–Trinajstić information content (AvgIpc) is 2.18. The number of carbonyl (C=O) groups excluding carboxylic acids is 1. The Kier molecular flexibility index (Phi) is 4.14. The van der Waals surface area contributed by atoms with E-state index in [9.17, 15) is 4.79 Å². The first-order valence-electron chi connectivity index (χ1n) is 6.03. The molecule has 1 aliphatic rings. The number of nitrogens with two attached hydrogens (primary N) is 1. The van der Waals surface area contributed by atoms with Gasteiger partial charge < -0.3 is 11.1 Å². The van der Waals surface area contributed by atoms with E-state index < -0.39 is 0 Å². The molecule has 0 spiro atoms. The fourth-order valence-corrected chi connectivity index (χ4v) is 2.01. The van der Waals surface area contributed by atoms with Crippen LogP contribution in [0.2, 0.25) is 0 Å². The zero-order valence-corrected chi connectivity index (χ0v) is 10.2. The lowest BCUT2D eigenvalue weighted by Crippen LogP contribution is -2.64. The van der Waals surface area contributed by atoms with E-state index in [1.54, 1.807) is 0 Å². The number of hydrogen-bond acceptors (Lipinski definition) is 2. The summed E-state index contributed by atoms with van der Waals surface area (Å²) in [6, 6.07) is 0.514. The third-order valence-electron chi connectivity index (χ3n) is 3.69. The second-order valence-corrected chi connectivity index (χ2v) is 5.24. The lowest BCUT2D eigenvalue weighted by atomic mass is 9.63. The van der Waals surface area contributed by atoms with Gasteiger partial charge in [0.1, 0.15) is 0 Å². The Hall–Kier alpha value is -0.570. The number of rotatable bonds is 5. The normalized spacial score (nSPS) is 28.3. The Morgan fingerprint density at radius 1 is 1.47 bits per heavy atom. The van der Waals surface area contributed by atoms with Crippen LogP contribution in [-0.2, 0) is 4.79 Å². The van der Waals surface area contributed by atoms with Gasteiger partial charge in [0.15, 0.2) is 0 Å². The molecule has 2 atom stereocenters. The van der Waals surface area contributed by atoms with Gasteiger partial charge in [0.2, 0.25) is 5.91 Å². The van der Waals surface area contributed by atoms with Crippen molar-refractivity contribution in [2.24, 2.45) is 11.1 Å². The molecule has 0 bridgehead atoms. The summed E-state index contributed by atoms with van der Waals surface area (Å²) < 4.78 is 0. The van der Waals surface area contributed by atoms with Crippen molar-refractivity contribution in [3.05, 3.63) is 0 Å². The maximum Gasteiger partial charge on any atom is 0.220 e. The van der Waals surface area contributed by atoms with Gasteiger partial charge in [-0.15, -0.1) is 0 Å². The summed E-state index contributed by atoms with van der Waals surface area (Å²) in [7, 11) is 0. The van der Waals surface area contributed by atoms with Crippen molar-refractivity contribution < 1.29 is 4.79 Å². The highest BCUT2D eigenvalue weighted by Gasteiger charge is 2.46. The van der Waals surface area contributed by atoms with Crippen molar-refractivity contribution >= 4 is 5.91 Å². The second-order valence-electron chi connectivity index (χ2n) is 5.24. The third kappa shape index (κ3) is 2.94. The molecule has 0 radical (unpaired) electrons. The van der Waals surface area contributed by atoms with Gasteiger partial charge in [0.25, 0.3) is 0 Å². The Bertz CT molecular complexity index is 226. The number of unbranched alkanes of at least 4 members (excludes halogenated alkanes) is 2. The first kappa shape index (κ1) is 12.5. The Morgan fingerprint density at radius 2 is 2.13 bits per heavy atom. The minimum Gasteiger partial charge on any atom is -0.353 e. The molecule has 1 saturated carbocycles. The predicted molar refractivity (Wildman–Crippen MR) is 62.4 cm³/mol. The highest BCUT2D eigenvalue weighted by molar-refractivity contribution is 5.76. The van der Waals surface area contributed by atoms with Gasteiger partial charge in [-0.3, -0.25) is 4.79 Å². The third-order valence-corrected chi connectivity index (χ3v) is 3.69. The van der Waals surface area contributed by atoms with E-state index >= 15 is 0 Å². The molecule has 3 nitrogen and oxygen atoms in total. The van der Waals surface area contributed by atoms with Crippen LogP contribution in [-0.4, -0.2) is 18.0 Å². The molecule has 0 aromatic rings. The van der Waals surface area contributed by atoms with Gasteiger partial charge in [0, 0.05) is 23.9 Å². The van der Waals surface area contributed by atoms with Crippen LogP contribution in [0.1, 0.15) is 52.9 Å². The standard InChI is InChI=1S/C12H24N2O/c1-4-5-6-7-11(15)14-10-8-9(13)12(10,2)3/h9-10H,4-8,13H2,1-3H3,(H,14,15). The minimum absolute atomic E-state index is 0.0699. The highest BCUT2D eigenvalue weighted by Crippen LogP contribution is 2.38. The van der Waals surface area contributed by atoms with Crippen molar-refractivity contribution in [3.8, 4) is 0 Å². The lowest BCUT2D eigenvalue weighted by molar-refractivity contribution is -0.124. The van der Waals surface area contributed by atoms with Crippen LogP contribution >= 0.6 is 0 Å². The lowest BCUT2D eigenvalue weighted by Gasteiger charge is -2.50. The van der Waals surface area contributed by atoms with E-state index in [-0.39, 0.29) is 23.4 Å². The molecule has 2 unspecified atom stereocenters. The number of amides is 1. The Labute approximate surface area is 92.8 Å². The minimum atomic E-state index is 0.0699. The molecule has 1 amide bonds. The fraction of sp³-hybridized carbons (Fsp3) is 0.917. The topological polar surface area (TPSA) is 55.1 Å². The quantitative estimate of drug-likeness (QED) is 0.683. The predicted octanol–water partition coefficient (Wildman–Crippen LogP) is 1.81. The van der Waals surface area contributed by atoms with Crippen LogP contribution in [0.25, 0.3) is 0 Å². The molecular formula is C12H24N2O. The summed E-state index contributed by atoms with van der Waals surface area (Å²) in [6.07, 6.45) is 4.89. The molecule has 1 fully saturated rings. The van der Waals surface area contributed by atoms with E-state index in [1.165, 1.54) is 0 Å². The van der Waals surface area contributed by atoms with Crippen LogP contribution in [0.15, 0.2) is 0 Å². The van der Waals surface area contributed by atoms with Gasteiger partial charge in [-0.2, -0.15) is 0 Å². The molecule has 0 aliphatic heterocycles. The maximum absolute atomic E-state index is 11.6. The van der Waals surface area contributed by atoms with E-state index in [2.05, 4.69) is 26.1 Å². The zero-order valence-electron chi connectivity index (χ0n) is 10.2. The van der Waals surface area contributed by atoms with E-state index in [0.29, 0.717) is 6.42 Å². The van der Waals surface area contributed by atoms with Crippen LogP contribution in [0, 0.1) is 5.41 Å². The number of carbonyl (C=O) groups is 1.